The maximum atomic E-state index is 11.2. The molecule has 0 aliphatic carbocycles. The zero-order chi connectivity index (χ0) is 12.8. The standard InChI is InChI=1S/C9H12ClN5O2/c1-2-12-7(16)4-13-6-3-5(8(11)17)14-9(10)15-6/h3H,2,4H2,1H3,(H2,11,17)(H,12,16)(H,13,14,15). The van der Waals surface area contributed by atoms with E-state index in [9.17, 15) is 9.59 Å². The van der Waals surface area contributed by atoms with E-state index in [1.54, 1.807) is 0 Å². The molecule has 0 atom stereocenters. The van der Waals surface area contributed by atoms with E-state index in [2.05, 4.69) is 20.6 Å². The Hall–Kier alpha value is -1.89. The normalized spacial score (nSPS) is 9.76. The lowest BCUT2D eigenvalue weighted by atomic mass is 10.3. The van der Waals surface area contributed by atoms with Crippen LogP contribution in [0.5, 0.6) is 0 Å². The predicted octanol–water partition coefficient (Wildman–Crippen LogP) is -0.223. The molecular weight excluding hydrogens is 246 g/mol. The number of carbonyl (C=O) groups excluding carboxylic acids is 2. The maximum absolute atomic E-state index is 11.2. The predicted molar refractivity (Wildman–Crippen MR) is 62.7 cm³/mol. The average molecular weight is 258 g/mol. The first kappa shape index (κ1) is 13.2. The van der Waals surface area contributed by atoms with Gasteiger partial charge in [-0.05, 0) is 18.5 Å². The highest BCUT2D eigenvalue weighted by atomic mass is 35.5. The van der Waals surface area contributed by atoms with E-state index in [1.807, 2.05) is 6.92 Å². The van der Waals surface area contributed by atoms with Gasteiger partial charge in [-0.3, -0.25) is 9.59 Å². The lowest BCUT2D eigenvalue weighted by Crippen LogP contribution is -2.29. The van der Waals surface area contributed by atoms with E-state index >= 15 is 0 Å². The number of aromatic nitrogens is 2. The summed E-state index contributed by atoms with van der Waals surface area (Å²) in [5.74, 6) is -0.636. The van der Waals surface area contributed by atoms with Crippen LogP contribution in [0.4, 0.5) is 5.82 Å². The van der Waals surface area contributed by atoms with Crippen LogP contribution in [0.15, 0.2) is 6.07 Å². The molecule has 7 nitrogen and oxygen atoms in total. The molecule has 0 saturated heterocycles. The third kappa shape index (κ3) is 4.23. The molecule has 0 saturated carbocycles. The Bertz CT molecular complexity index is 437. The van der Waals surface area contributed by atoms with Crippen molar-refractivity contribution >= 4 is 29.2 Å². The minimum absolute atomic E-state index is 0.0107. The van der Waals surface area contributed by atoms with Gasteiger partial charge in [0, 0.05) is 12.6 Å². The first-order valence-electron chi connectivity index (χ1n) is 4.88. The second-order valence-corrected chi connectivity index (χ2v) is 3.42. The van der Waals surface area contributed by atoms with Gasteiger partial charge in [-0.15, -0.1) is 0 Å². The summed E-state index contributed by atoms with van der Waals surface area (Å²) < 4.78 is 0. The van der Waals surface area contributed by atoms with E-state index in [-0.39, 0.29) is 29.2 Å². The molecule has 4 N–H and O–H groups in total. The molecule has 0 aromatic carbocycles. The molecule has 0 spiro atoms. The summed E-state index contributed by atoms with van der Waals surface area (Å²) in [5.41, 5.74) is 5.05. The summed E-state index contributed by atoms with van der Waals surface area (Å²) in [4.78, 5) is 29.5. The largest absolute Gasteiger partial charge is 0.364 e. The molecular formula is C9H12ClN5O2. The van der Waals surface area contributed by atoms with Crippen molar-refractivity contribution in [2.45, 2.75) is 6.92 Å². The number of hydrogen-bond acceptors (Lipinski definition) is 5. The van der Waals surface area contributed by atoms with Crippen LogP contribution in [0.1, 0.15) is 17.4 Å². The molecule has 92 valence electrons. The van der Waals surface area contributed by atoms with E-state index < -0.39 is 5.91 Å². The summed E-state index contributed by atoms with van der Waals surface area (Å²) >= 11 is 5.60. The number of rotatable bonds is 5. The number of nitrogens with one attached hydrogen (secondary N) is 2. The van der Waals surface area contributed by atoms with Crippen molar-refractivity contribution in [1.82, 2.24) is 15.3 Å². The number of anilines is 1. The van der Waals surface area contributed by atoms with E-state index in [4.69, 9.17) is 17.3 Å². The van der Waals surface area contributed by atoms with E-state index in [0.717, 1.165) is 0 Å². The first-order chi connectivity index (χ1) is 8.02. The summed E-state index contributed by atoms with van der Waals surface area (Å²) in [7, 11) is 0. The number of hydrogen-bond donors (Lipinski definition) is 3. The SMILES string of the molecule is CCNC(=O)CNc1cc(C(N)=O)nc(Cl)n1. The third-order valence-electron chi connectivity index (χ3n) is 1.76. The minimum Gasteiger partial charge on any atom is -0.364 e. The molecule has 2 amide bonds. The Morgan fingerprint density at radius 3 is 2.76 bits per heavy atom. The van der Waals surface area contributed by atoms with Crippen LogP contribution in [-0.4, -0.2) is 34.9 Å². The van der Waals surface area contributed by atoms with Crippen molar-refractivity contribution in [3.63, 3.8) is 0 Å². The number of carbonyl (C=O) groups is 2. The molecule has 1 aromatic rings. The van der Waals surface area contributed by atoms with Gasteiger partial charge in [-0.25, -0.2) is 9.97 Å². The van der Waals surface area contributed by atoms with Crippen LogP contribution in [0.2, 0.25) is 5.28 Å². The second-order valence-electron chi connectivity index (χ2n) is 3.08. The van der Waals surface area contributed by atoms with Crippen LogP contribution < -0.4 is 16.4 Å². The summed E-state index contributed by atoms with van der Waals surface area (Å²) in [5, 5.41) is 5.20. The fraction of sp³-hybridized carbons (Fsp3) is 0.333. The molecule has 1 aromatic heterocycles. The summed E-state index contributed by atoms with van der Waals surface area (Å²) in [6.45, 7) is 2.38. The van der Waals surface area contributed by atoms with Crippen LogP contribution in [0, 0.1) is 0 Å². The van der Waals surface area contributed by atoms with Crippen molar-refractivity contribution in [3.8, 4) is 0 Å². The van der Waals surface area contributed by atoms with Crippen molar-refractivity contribution in [1.29, 1.82) is 0 Å². The first-order valence-corrected chi connectivity index (χ1v) is 5.25. The molecule has 0 fully saturated rings. The monoisotopic (exact) mass is 257 g/mol. The number of nitrogens with two attached hydrogens (primary N) is 1. The number of halogens is 1. The van der Waals surface area contributed by atoms with Gasteiger partial charge in [0.2, 0.25) is 11.2 Å². The van der Waals surface area contributed by atoms with E-state index in [1.165, 1.54) is 6.07 Å². The van der Waals surface area contributed by atoms with Gasteiger partial charge in [0.15, 0.2) is 0 Å². The quantitative estimate of drug-likeness (QED) is 0.632. The van der Waals surface area contributed by atoms with Crippen LogP contribution in [0.25, 0.3) is 0 Å². The van der Waals surface area contributed by atoms with Gasteiger partial charge < -0.3 is 16.4 Å². The van der Waals surface area contributed by atoms with Gasteiger partial charge in [-0.1, -0.05) is 0 Å². The Morgan fingerprint density at radius 2 is 2.18 bits per heavy atom. The van der Waals surface area contributed by atoms with Crippen molar-refractivity contribution in [3.05, 3.63) is 17.0 Å². The minimum atomic E-state index is -0.713. The van der Waals surface area contributed by atoms with Crippen molar-refractivity contribution < 1.29 is 9.59 Å². The topological polar surface area (TPSA) is 110 Å². The van der Waals surface area contributed by atoms with Crippen LogP contribution in [-0.2, 0) is 4.79 Å². The second kappa shape index (κ2) is 6.00. The number of primary amides is 1. The molecule has 1 heterocycles. The lowest BCUT2D eigenvalue weighted by Gasteiger charge is -2.06. The molecule has 0 radical (unpaired) electrons. The van der Waals surface area contributed by atoms with Gasteiger partial charge in [0.05, 0.1) is 6.54 Å². The van der Waals surface area contributed by atoms with E-state index in [0.29, 0.717) is 6.54 Å². The van der Waals surface area contributed by atoms with Gasteiger partial charge in [0.25, 0.3) is 5.91 Å². The van der Waals surface area contributed by atoms with Crippen molar-refractivity contribution in [2.24, 2.45) is 5.73 Å². The highest BCUT2D eigenvalue weighted by Crippen LogP contribution is 2.09. The van der Waals surface area contributed by atoms with Gasteiger partial charge in [0.1, 0.15) is 11.5 Å². The molecule has 1 rings (SSSR count). The Morgan fingerprint density at radius 1 is 1.47 bits per heavy atom. The van der Waals surface area contributed by atoms with Crippen molar-refractivity contribution in [2.75, 3.05) is 18.4 Å². The summed E-state index contributed by atoms with van der Waals surface area (Å²) in [6, 6.07) is 1.33. The van der Waals surface area contributed by atoms with Gasteiger partial charge in [-0.2, -0.15) is 0 Å². The number of amides is 2. The molecule has 0 bridgehead atoms. The van der Waals surface area contributed by atoms with Crippen LogP contribution >= 0.6 is 11.6 Å². The van der Waals surface area contributed by atoms with Crippen LogP contribution in [0.3, 0.4) is 0 Å². The highest BCUT2D eigenvalue weighted by Gasteiger charge is 2.08. The molecule has 0 unspecified atom stereocenters. The number of nitrogens with zero attached hydrogens (tertiary/aromatic N) is 2. The average Bonchev–Trinajstić information content (AvgIpc) is 2.26. The molecule has 17 heavy (non-hydrogen) atoms. The zero-order valence-corrected chi connectivity index (χ0v) is 9.91. The number of likely N-dealkylation sites (N-methyl/N-ethyl adjacent to an activating group) is 1. The smallest absolute Gasteiger partial charge is 0.267 e. The fourth-order valence-corrected chi connectivity index (χ4v) is 1.25. The summed E-state index contributed by atoms with van der Waals surface area (Å²) in [6.07, 6.45) is 0. The lowest BCUT2D eigenvalue weighted by molar-refractivity contribution is -0.119. The highest BCUT2D eigenvalue weighted by molar-refractivity contribution is 6.28. The maximum Gasteiger partial charge on any atom is 0.267 e. The molecule has 8 heteroatoms. The molecule has 0 aliphatic heterocycles. The zero-order valence-electron chi connectivity index (χ0n) is 9.16. The third-order valence-corrected chi connectivity index (χ3v) is 1.92. The Kier molecular flexibility index (Phi) is 4.65. The molecule has 0 aliphatic rings. The Labute approximate surface area is 103 Å². The fourth-order valence-electron chi connectivity index (χ4n) is 1.07. The Balaban J connectivity index is 2.71. The van der Waals surface area contributed by atoms with Gasteiger partial charge >= 0.3 is 0 Å².